The Balaban J connectivity index is 2.48. The summed E-state index contributed by atoms with van der Waals surface area (Å²) in [6.07, 6.45) is 0. The molecular formula is C16H16N2O4. The maximum atomic E-state index is 12.4. The van der Waals surface area contributed by atoms with Crippen molar-refractivity contribution < 1.29 is 0 Å². The summed E-state index contributed by atoms with van der Waals surface area (Å²) in [4.78, 5) is 48.9. The average Bonchev–Trinajstić information content (AvgIpc) is 2.78. The molecule has 0 bridgehead atoms. The van der Waals surface area contributed by atoms with Crippen LogP contribution in [0.1, 0.15) is 20.8 Å². The SMILES string of the molecule is Cn1c(=O)c2cc3c(=O)n(CC(C)(C)C)c(=O)c3cc2c1=O. The highest BCUT2D eigenvalue weighted by Gasteiger charge is 2.21. The fourth-order valence-corrected chi connectivity index (χ4v) is 2.76. The van der Waals surface area contributed by atoms with Gasteiger partial charge < -0.3 is 0 Å². The second-order valence-corrected chi connectivity index (χ2v) is 6.87. The van der Waals surface area contributed by atoms with Gasteiger partial charge in [-0.25, -0.2) is 0 Å². The van der Waals surface area contributed by atoms with Crippen molar-refractivity contribution in [3.05, 3.63) is 53.5 Å². The van der Waals surface area contributed by atoms with Gasteiger partial charge in [-0.3, -0.25) is 28.3 Å². The van der Waals surface area contributed by atoms with Gasteiger partial charge in [0.2, 0.25) is 0 Å². The predicted octanol–water partition coefficient (Wildman–Crippen LogP) is 0.495. The lowest BCUT2D eigenvalue weighted by atomic mass is 9.97. The van der Waals surface area contributed by atoms with E-state index in [9.17, 15) is 19.2 Å². The van der Waals surface area contributed by atoms with E-state index >= 15 is 0 Å². The van der Waals surface area contributed by atoms with Crippen LogP contribution in [0.3, 0.4) is 0 Å². The lowest BCUT2D eigenvalue weighted by Gasteiger charge is -2.17. The molecule has 0 aliphatic heterocycles. The van der Waals surface area contributed by atoms with Crippen molar-refractivity contribution in [2.75, 3.05) is 0 Å². The molecule has 3 rings (SSSR count). The van der Waals surface area contributed by atoms with Crippen LogP contribution in [0.5, 0.6) is 0 Å². The molecule has 0 amide bonds. The normalized spacial score (nSPS) is 12.5. The fourth-order valence-electron chi connectivity index (χ4n) is 2.76. The molecule has 0 fully saturated rings. The Labute approximate surface area is 124 Å². The van der Waals surface area contributed by atoms with Crippen molar-refractivity contribution in [2.45, 2.75) is 27.3 Å². The molecule has 114 valence electrons. The maximum Gasteiger partial charge on any atom is 0.261 e. The molecule has 0 aliphatic rings. The summed E-state index contributed by atoms with van der Waals surface area (Å²) >= 11 is 0. The van der Waals surface area contributed by atoms with E-state index in [0.717, 1.165) is 4.57 Å². The van der Waals surface area contributed by atoms with E-state index in [0.29, 0.717) is 0 Å². The highest BCUT2D eigenvalue weighted by Crippen LogP contribution is 2.17. The van der Waals surface area contributed by atoms with Crippen molar-refractivity contribution in [3.8, 4) is 0 Å². The molecule has 0 saturated carbocycles. The van der Waals surface area contributed by atoms with Gasteiger partial charge in [0.05, 0.1) is 21.5 Å². The zero-order valence-corrected chi connectivity index (χ0v) is 12.9. The summed E-state index contributed by atoms with van der Waals surface area (Å²) in [7, 11) is 1.38. The van der Waals surface area contributed by atoms with Crippen molar-refractivity contribution in [3.63, 3.8) is 0 Å². The molecular weight excluding hydrogens is 284 g/mol. The highest BCUT2D eigenvalue weighted by atomic mass is 16.2. The Bertz CT molecular complexity index is 1040. The minimum Gasteiger partial charge on any atom is -0.277 e. The van der Waals surface area contributed by atoms with Gasteiger partial charge in [-0.15, -0.1) is 0 Å². The maximum absolute atomic E-state index is 12.4. The second kappa shape index (κ2) is 4.25. The molecule has 22 heavy (non-hydrogen) atoms. The lowest BCUT2D eigenvalue weighted by Crippen LogP contribution is -2.31. The van der Waals surface area contributed by atoms with Gasteiger partial charge >= 0.3 is 0 Å². The molecule has 0 aliphatic carbocycles. The van der Waals surface area contributed by atoms with Gasteiger partial charge in [-0.2, -0.15) is 0 Å². The molecule has 0 radical (unpaired) electrons. The van der Waals surface area contributed by atoms with Crippen molar-refractivity contribution in [1.29, 1.82) is 0 Å². The summed E-state index contributed by atoms with van der Waals surface area (Å²) in [6, 6.07) is 2.74. The molecule has 0 saturated heterocycles. The number of nitrogens with zero attached hydrogens (tertiary/aromatic N) is 2. The largest absolute Gasteiger partial charge is 0.277 e. The predicted molar refractivity (Wildman–Crippen MR) is 85.3 cm³/mol. The molecule has 0 unspecified atom stereocenters. The fraction of sp³-hybridized carbons (Fsp3) is 0.375. The zero-order chi connectivity index (χ0) is 16.4. The number of fused-ring (bicyclic) bond motifs is 2. The van der Waals surface area contributed by atoms with Gasteiger partial charge in [0, 0.05) is 13.6 Å². The van der Waals surface area contributed by atoms with Crippen LogP contribution in [-0.2, 0) is 13.6 Å². The van der Waals surface area contributed by atoms with Crippen LogP contribution < -0.4 is 22.2 Å². The highest BCUT2D eigenvalue weighted by molar-refractivity contribution is 5.97. The molecule has 2 aromatic heterocycles. The average molecular weight is 300 g/mol. The van der Waals surface area contributed by atoms with E-state index in [1.165, 1.54) is 23.7 Å². The second-order valence-electron chi connectivity index (χ2n) is 6.87. The van der Waals surface area contributed by atoms with Crippen LogP contribution in [0.4, 0.5) is 0 Å². The first-order valence-corrected chi connectivity index (χ1v) is 6.98. The Morgan fingerprint density at radius 3 is 1.50 bits per heavy atom. The zero-order valence-electron chi connectivity index (χ0n) is 12.9. The molecule has 0 atom stereocenters. The molecule has 6 heteroatoms. The number of rotatable bonds is 1. The monoisotopic (exact) mass is 300 g/mol. The molecule has 0 spiro atoms. The summed E-state index contributed by atoms with van der Waals surface area (Å²) in [5.74, 6) is 0. The molecule has 3 aromatic rings. The smallest absolute Gasteiger partial charge is 0.261 e. The van der Waals surface area contributed by atoms with Crippen molar-refractivity contribution in [1.82, 2.24) is 9.13 Å². The van der Waals surface area contributed by atoms with E-state index in [1.54, 1.807) is 0 Å². The van der Waals surface area contributed by atoms with Crippen LogP contribution in [0.15, 0.2) is 31.3 Å². The number of hydrogen-bond acceptors (Lipinski definition) is 4. The van der Waals surface area contributed by atoms with Crippen LogP contribution in [-0.4, -0.2) is 9.13 Å². The van der Waals surface area contributed by atoms with Gasteiger partial charge in [-0.1, -0.05) is 20.8 Å². The van der Waals surface area contributed by atoms with Crippen LogP contribution in [0.25, 0.3) is 21.5 Å². The van der Waals surface area contributed by atoms with Crippen LogP contribution in [0, 0.1) is 5.41 Å². The Hall–Kier alpha value is -2.50. The third kappa shape index (κ3) is 1.87. The summed E-state index contributed by atoms with van der Waals surface area (Å²) in [5, 5.41) is 0.768. The molecule has 2 heterocycles. The van der Waals surface area contributed by atoms with Crippen LogP contribution >= 0.6 is 0 Å². The molecule has 0 N–H and O–H groups in total. The van der Waals surface area contributed by atoms with Crippen molar-refractivity contribution >= 4 is 21.5 Å². The van der Waals surface area contributed by atoms with E-state index in [1.807, 2.05) is 20.8 Å². The standard InChI is InChI=1S/C16H16N2O4/c1-16(2,3)7-18-14(21)10-5-8-9(6-11(10)15(18)22)13(20)17(4)12(8)19/h5-6H,7H2,1-4H3. The van der Waals surface area contributed by atoms with Gasteiger partial charge in [0.15, 0.2) is 0 Å². The summed E-state index contributed by atoms with van der Waals surface area (Å²) in [5.41, 5.74) is -1.95. The quantitative estimate of drug-likeness (QED) is 0.655. The first-order valence-electron chi connectivity index (χ1n) is 6.98. The third-order valence-electron chi connectivity index (χ3n) is 3.81. The Morgan fingerprint density at radius 2 is 1.14 bits per heavy atom. The van der Waals surface area contributed by atoms with Gasteiger partial charge in [0.25, 0.3) is 22.2 Å². The Kier molecular flexibility index (Phi) is 2.79. The first-order chi connectivity index (χ1) is 10.1. The van der Waals surface area contributed by atoms with E-state index in [2.05, 4.69) is 0 Å². The number of benzene rings is 1. The summed E-state index contributed by atoms with van der Waals surface area (Å²) in [6.45, 7) is 6.07. The van der Waals surface area contributed by atoms with Crippen LogP contribution in [0.2, 0.25) is 0 Å². The topological polar surface area (TPSA) is 78.1 Å². The number of aromatic nitrogens is 2. The molecule has 6 nitrogen and oxygen atoms in total. The molecule has 1 aromatic carbocycles. The van der Waals surface area contributed by atoms with E-state index < -0.39 is 22.2 Å². The third-order valence-corrected chi connectivity index (χ3v) is 3.81. The Morgan fingerprint density at radius 1 is 0.773 bits per heavy atom. The minimum atomic E-state index is -0.447. The first kappa shape index (κ1) is 14.4. The van der Waals surface area contributed by atoms with E-state index in [4.69, 9.17) is 0 Å². The van der Waals surface area contributed by atoms with Gasteiger partial charge in [0.1, 0.15) is 0 Å². The minimum absolute atomic E-state index is 0.185. The summed E-state index contributed by atoms with van der Waals surface area (Å²) < 4.78 is 2.17. The lowest BCUT2D eigenvalue weighted by molar-refractivity contribution is 0.336. The van der Waals surface area contributed by atoms with E-state index in [-0.39, 0.29) is 33.5 Å². The van der Waals surface area contributed by atoms with Crippen molar-refractivity contribution in [2.24, 2.45) is 12.5 Å². The van der Waals surface area contributed by atoms with Gasteiger partial charge in [-0.05, 0) is 17.5 Å². The number of hydrogen-bond donors (Lipinski definition) is 0.